The summed E-state index contributed by atoms with van der Waals surface area (Å²) in [6.07, 6.45) is 1.11. The van der Waals surface area contributed by atoms with E-state index < -0.39 is 0 Å². The highest BCUT2D eigenvalue weighted by Crippen LogP contribution is 2.20. The molecule has 1 saturated heterocycles. The quantitative estimate of drug-likeness (QED) is 0.853. The number of aryl methyl sites for hydroxylation is 1. The first-order valence-electron chi connectivity index (χ1n) is 6.14. The first-order chi connectivity index (χ1) is 8.19. The van der Waals surface area contributed by atoms with Crippen LogP contribution in [0.1, 0.15) is 31.0 Å². The standard InChI is InChI=1S/C12H20N4O/c1-3-4-16-5-6-17-10(8-16)12-14-9(2)7-11(13)15-12/h7,10H,3-6,8H2,1-2H3,(H2,13,14,15). The first-order valence-corrected chi connectivity index (χ1v) is 6.14. The lowest BCUT2D eigenvalue weighted by Gasteiger charge is -2.31. The van der Waals surface area contributed by atoms with Gasteiger partial charge >= 0.3 is 0 Å². The summed E-state index contributed by atoms with van der Waals surface area (Å²) in [5, 5.41) is 0. The molecule has 0 bridgehead atoms. The number of rotatable bonds is 3. The Kier molecular flexibility index (Phi) is 3.91. The Morgan fingerprint density at radius 1 is 1.53 bits per heavy atom. The maximum absolute atomic E-state index is 5.74. The molecule has 17 heavy (non-hydrogen) atoms. The molecule has 5 heteroatoms. The smallest absolute Gasteiger partial charge is 0.161 e. The summed E-state index contributed by atoms with van der Waals surface area (Å²) in [7, 11) is 0. The van der Waals surface area contributed by atoms with E-state index in [4.69, 9.17) is 10.5 Å². The molecule has 94 valence electrons. The average molecular weight is 236 g/mol. The summed E-state index contributed by atoms with van der Waals surface area (Å²) >= 11 is 0. The van der Waals surface area contributed by atoms with Crippen LogP contribution >= 0.6 is 0 Å². The van der Waals surface area contributed by atoms with Gasteiger partial charge in [-0.2, -0.15) is 0 Å². The molecule has 2 heterocycles. The van der Waals surface area contributed by atoms with Crippen molar-refractivity contribution in [1.82, 2.24) is 14.9 Å². The van der Waals surface area contributed by atoms with E-state index in [9.17, 15) is 0 Å². The van der Waals surface area contributed by atoms with Gasteiger partial charge in [-0.1, -0.05) is 6.92 Å². The van der Waals surface area contributed by atoms with Crippen LogP contribution in [0.2, 0.25) is 0 Å². The zero-order valence-electron chi connectivity index (χ0n) is 10.5. The lowest BCUT2D eigenvalue weighted by Crippen LogP contribution is -2.39. The van der Waals surface area contributed by atoms with Crippen LogP contribution in [0.4, 0.5) is 5.82 Å². The van der Waals surface area contributed by atoms with E-state index in [-0.39, 0.29) is 6.10 Å². The van der Waals surface area contributed by atoms with Crippen LogP contribution in [0.5, 0.6) is 0 Å². The van der Waals surface area contributed by atoms with Crippen molar-refractivity contribution in [2.24, 2.45) is 0 Å². The number of ether oxygens (including phenoxy) is 1. The lowest BCUT2D eigenvalue weighted by atomic mass is 10.2. The Morgan fingerprint density at radius 3 is 3.06 bits per heavy atom. The van der Waals surface area contributed by atoms with Crippen LogP contribution in [-0.4, -0.2) is 41.1 Å². The highest BCUT2D eigenvalue weighted by molar-refractivity contribution is 5.29. The number of hydrogen-bond donors (Lipinski definition) is 1. The minimum absolute atomic E-state index is 0.0440. The van der Waals surface area contributed by atoms with Crippen LogP contribution in [-0.2, 0) is 4.74 Å². The Hall–Kier alpha value is -1.20. The zero-order valence-corrected chi connectivity index (χ0v) is 10.5. The van der Waals surface area contributed by atoms with E-state index in [1.54, 1.807) is 6.07 Å². The molecule has 5 nitrogen and oxygen atoms in total. The van der Waals surface area contributed by atoms with Crippen molar-refractivity contribution in [3.63, 3.8) is 0 Å². The lowest BCUT2D eigenvalue weighted by molar-refractivity contribution is -0.0342. The number of nitrogen functional groups attached to an aromatic ring is 1. The van der Waals surface area contributed by atoms with Gasteiger partial charge in [0.2, 0.25) is 0 Å². The molecule has 0 spiro atoms. The van der Waals surface area contributed by atoms with Gasteiger partial charge in [0.1, 0.15) is 11.9 Å². The zero-order chi connectivity index (χ0) is 12.3. The summed E-state index contributed by atoms with van der Waals surface area (Å²) in [5.41, 5.74) is 6.63. The first kappa shape index (κ1) is 12.3. The molecule has 1 aromatic heterocycles. The van der Waals surface area contributed by atoms with E-state index in [0.717, 1.165) is 38.4 Å². The fraction of sp³-hybridized carbons (Fsp3) is 0.667. The van der Waals surface area contributed by atoms with Crippen molar-refractivity contribution in [3.8, 4) is 0 Å². The molecule has 0 saturated carbocycles. The second-order valence-electron chi connectivity index (χ2n) is 4.45. The van der Waals surface area contributed by atoms with Crippen molar-refractivity contribution < 1.29 is 4.74 Å². The molecule has 1 aromatic rings. The normalized spacial score (nSPS) is 21.6. The molecule has 1 aliphatic rings. The number of aromatic nitrogens is 2. The fourth-order valence-electron chi connectivity index (χ4n) is 2.14. The molecule has 2 N–H and O–H groups in total. The molecule has 0 aliphatic carbocycles. The second kappa shape index (κ2) is 5.42. The summed E-state index contributed by atoms with van der Waals surface area (Å²) < 4.78 is 5.73. The van der Waals surface area contributed by atoms with Gasteiger partial charge in [0.05, 0.1) is 6.61 Å². The van der Waals surface area contributed by atoms with E-state index in [1.807, 2.05) is 6.92 Å². The minimum atomic E-state index is -0.0440. The van der Waals surface area contributed by atoms with Gasteiger partial charge in [0.25, 0.3) is 0 Å². The Morgan fingerprint density at radius 2 is 2.35 bits per heavy atom. The molecule has 0 radical (unpaired) electrons. The highest BCUT2D eigenvalue weighted by atomic mass is 16.5. The third-order valence-electron chi connectivity index (χ3n) is 2.87. The summed E-state index contributed by atoms with van der Waals surface area (Å²) in [6, 6.07) is 1.77. The molecule has 2 rings (SSSR count). The SMILES string of the molecule is CCCN1CCOC(c2nc(C)cc(N)n2)C1. The highest BCUT2D eigenvalue weighted by Gasteiger charge is 2.23. The monoisotopic (exact) mass is 236 g/mol. The Labute approximate surface area is 102 Å². The van der Waals surface area contributed by atoms with E-state index in [1.165, 1.54) is 0 Å². The van der Waals surface area contributed by atoms with E-state index in [2.05, 4.69) is 21.8 Å². The van der Waals surface area contributed by atoms with Crippen LogP contribution in [0.15, 0.2) is 6.07 Å². The van der Waals surface area contributed by atoms with Gasteiger partial charge in [0, 0.05) is 24.8 Å². The number of anilines is 1. The molecule has 1 aliphatic heterocycles. The Bertz CT molecular complexity index is 361. The van der Waals surface area contributed by atoms with Gasteiger partial charge in [-0.3, -0.25) is 4.90 Å². The van der Waals surface area contributed by atoms with Gasteiger partial charge in [0.15, 0.2) is 5.82 Å². The van der Waals surface area contributed by atoms with E-state index in [0.29, 0.717) is 11.6 Å². The number of nitrogens with two attached hydrogens (primary N) is 1. The third-order valence-corrected chi connectivity index (χ3v) is 2.87. The van der Waals surface area contributed by atoms with Crippen LogP contribution in [0, 0.1) is 6.92 Å². The summed E-state index contributed by atoms with van der Waals surface area (Å²) in [4.78, 5) is 11.1. The van der Waals surface area contributed by atoms with Crippen LogP contribution in [0.25, 0.3) is 0 Å². The predicted molar refractivity (Wildman–Crippen MR) is 66.6 cm³/mol. The Balaban J connectivity index is 2.10. The van der Waals surface area contributed by atoms with Gasteiger partial charge < -0.3 is 10.5 Å². The van der Waals surface area contributed by atoms with Gasteiger partial charge in [-0.05, 0) is 19.9 Å². The number of morpholine rings is 1. The molecule has 1 unspecified atom stereocenters. The van der Waals surface area contributed by atoms with Crippen molar-refractivity contribution in [1.29, 1.82) is 0 Å². The van der Waals surface area contributed by atoms with Crippen molar-refractivity contribution >= 4 is 5.82 Å². The fourth-order valence-corrected chi connectivity index (χ4v) is 2.14. The second-order valence-corrected chi connectivity index (χ2v) is 4.45. The third kappa shape index (κ3) is 3.14. The molecule has 0 amide bonds. The number of nitrogens with zero attached hydrogens (tertiary/aromatic N) is 3. The van der Waals surface area contributed by atoms with Crippen molar-refractivity contribution in [3.05, 3.63) is 17.6 Å². The maximum atomic E-state index is 5.74. The molecular formula is C12H20N4O. The average Bonchev–Trinajstić information content (AvgIpc) is 2.28. The van der Waals surface area contributed by atoms with Crippen molar-refractivity contribution in [2.45, 2.75) is 26.4 Å². The molecule has 1 atom stereocenters. The molecular weight excluding hydrogens is 216 g/mol. The van der Waals surface area contributed by atoms with E-state index >= 15 is 0 Å². The summed E-state index contributed by atoms with van der Waals surface area (Å²) in [6.45, 7) is 7.80. The molecule has 1 fully saturated rings. The predicted octanol–water partition coefficient (Wildman–Crippen LogP) is 1.15. The topological polar surface area (TPSA) is 64.3 Å². The largest absolute Gasteiger partial charge is 0.384 e. The van der Waals surface area contributed by atoms with Crippen LogP contribution < -0.4 is 5.73 Å². The summed E-state index contributed by atoms with van der Waals surface area (Å²) in [5.74, 6) is 1.23. The van der Waals surface area contributed by atoms with Crippen molar-refractivity contribution in [2.75, 3.05) is 32.0 Å². The van der Waals surface area contributed by atoms with Gasteiger partial charge in [-0.25, -0.2) is 9.97 Å². The minimum Gasteiger partial charge on any atom is -0.384 e. The molecule has 0 aromatic carbocycles. The van der Waals surface area contributed by atoms with Crippen LogP contribution in [0.3, 0.4) is 0 Å². The number of hydrogen-bond acceptors (Lipinski definition) is 5. The van der Waals surface area contributed by atoms with Gasteiger partial charge in [-0.15, -0.1) is 0 Å². The maximum Gasteiger partial charge on any atom is 0.161 e.